The van der Waals surface area contributed by atoms with Crippen molar-refractivity contribution >= 4 is 17.9 Å². The van der Waals surface area contributed by atoms with E-state index in [9.17, 15) is 35.9 Å². The van der Waals surface area contributed by atoms with Crippen molar-refractivity contribution in [3.05, 3.63) is 0 Å². The Kier molecular flexibility index (Phi) is 4.36. The lowest BCUT2D eigenvalue weighted by Crippen LogP contribution is -2.45. The van der Waals surface area contributed by atoms with Gasteiger partial charge in [0.2, 0.25) is 0 Å². The van der Waals surface area contributed by atoms with Gasteiger partial charge >= 0.3 is 24.3 Å². The molecule has 0 aromatic rings. The van der Waals surface area contributed by atoms with E-state index >= 15 is 0 Å². The van der Waals surface area contributed by atoms with E-state index in [1.807, 2.05) is 0 Å². The third-order valence-electron chi connectivity index (χ3n) is 0.991. The highest BCUT2D eigenvalue weighted by molar-refractivity contribution is 5.81. The van der Waals surface area contributed by atoms with Gasteiger partial charge in [-0.25, -0.2) is 9.59 Å². The Morgan fingerprint density at radius 2 is 1.22 bits per heavy atom. The van der Waals surface area contributed by atoms with Gasteiger partial charge in [0.1, 0.15) is 0 Å². The summed E-state index contributed by atoms with van der Waals surface area (Å²) in [5.74, 6) is -7.76. The molecule has 0 amide bonds. The molecule has 0 saturated heterocycles. The van der Waals surface area contributed by atoms with E-state index in [0.29, 0.717) is 0 Å². The van der Waals surface area contributed by atoms with Crippen molar-refractivity contribution in [2.24, 2.45) is 5.73 Å². The molecule has 0 aliphatic carbocycles. The lowest BCUT2D eigenvalue weighted by atomic mass is 10.7. The maximum Gasteiger partial charge on any atom is 0.493 e. The van der Waals surface area contributed by atoms with Crippen LogP contribution >= 0.6 is 0 Å². The second-order valence-corrected chi connectivity index (χ2v) is 2.40. The van der Waals surface area contributed by atoms with Crippen molar-refractivity contribution in [1.29, 1.82) is 5.41 Å². The second kappa shape index (κ2) is 4.97. The number of hydroxylamine groups is 2. The number of nitrogens with two attached hydrogens (primary N) is 1. The summed E-state index contributed by atoms with van der Waals surface area (Å²) in [6.45, 7) is 0. The molecule has 0 aromatic carbocycles. The highest BCUT2D eigenvalue weighted by Crippen LogP contribution is 2.20. The smallest absolute Gasteiger partial charge is 0.365 e. The molecule has 0 radical (unpaired) electrons. The molecule has 7 nitrogen and oxygen atoms in total. The number of guanidine groups is 1. The summed E-state index contributed by atoms with van der Waals surface area (Å²) in [6, 6.07) is 0. The number of carbonyl (C=O) groups excluding carboxylic acids is 2. The van der Waals surface area contributed by atoms with Crippen LogP contribution in [0.3, 0.4) is 0 Å². The summed E-state index contributed by atoms with van der Waals surface area (Å²) in [4.78, 5) is 26.6. The fourth-order valence-electron chi connectivity index (χ4n) is 0.371. The minimum Gasteiger partial charge on any atom is -0.365 e. The van der Waals surface area contributed by atoms with Crippen LogP contribution in [0.15, 0.2) is 0 Å². The van der Waals surface area contributed by atoms with Crippen molar-refractivity contribution in [3.63, 3.8) is 0 Å². The fourth-order valence-corrected chi connectivity index (χ4v) is 0.371. The van der Waals surface area contributed by atoms with Crippen LogP contribution in [-0.4, -0.2) is 35.5 Å². The minimum absolute atomic E-state index is 1.12. The normalized spacial score (nSPS) is 11.7. The first-order chi connectivity index (χ1) is 7.85. The molecule has 0 atom stereocenters. The van der Waals surface area contributed by atoms with Crippen LogP contribution in [0.2, 0.25) is 0 Å². The summed E-state index contributed by atoms with van der Waals surface area (Å²) >= 11 is 0. The Bertz CT molecular complexity index is 335. The summed E-state index contributed by atoms with van der Waals surface area (Å²) in [5, 5.41) is 5.34. The minimum atomic E-state index is -5.58. The van der Waals surface area contributed by atoms with Gasteiger partial charge in [-0.05, 0) is 0 Å². The van der Waals surface area contributed by atoms with Crippen LogP contribution in [0, 0.1) is 5.41 Å². The Morgan fingerprint density at radius 1 is 0.944 bits per heavy atom. The maximum atomic E-state index is 11.7. The number of alkyl halides is 6. The van der Waals surface area contributed by atoms with Gasteiger partial charge in [0.05, 0.1) is 0 Å². The van der Waals surface area contributed by atoms with Crippen LogP contribution in [0.5, 0.6) is 0 Å². The average molecular weight is 283 g/mol. The Balaban J connectivity index is 4.77. The van der Waals surface area contributed by atoms with Gasteiger partial charge in [0.25, 0.3) is 5.96 Å². The first-order valence-electron chi connectivity index (χ1n) is 3.58. The molecule has 0 unspecified atom stereocenters. The van der Waals surface area contributed by atoms with Crippen LogP contribution in [0.4, 0.5) is 26.3 Å². The molecule has 0 bridgehead atoms. The van der Waals surface area contributed by atoms with Crippen LogP contribution in [-0.2, 0) is 19.3 Å². The number of carbonyl (C=O) groups is 2. The number of hydrogen-bond donors (Lipinski definition) is 2. The third kappa shape index (κ3) is 4.75. The molecule has 3 N–H and O–H groups in total. The summed E-state index contributed by atoms with van der Waals surface area (Å²) in [7, 11) is 0. The predicted molar refractivity (Wildman–Crippen MR) is 38.0 cm³/mol. The van der Waals surface area contributed by atoms with Gasteiger partial charge in [-0.2, -0.15) is 26.3 Å². The Morgan fingerprint density at radius 3 is 1.39 bits per heavy atom. The molecule has 0 heterocycles. The van der Waals surface area contributed by atoms with Crippen molar-refractivity contribution in [2.45, 2.75) is 12.4 Å². The topological polar surface area (TPSA) is 106 Å². The van der Waals surface area contributed by atoms with Crippen molar-refractivity contribution in [2.75, 3.05) is 0 Å². The molecular weight excluding hydrogens is 280 g/mol. The molecule has 0 aliphatic rings. The van der Waals surface area contributed by atoms with Gasteiger partial charge in [-0.15, -0.1) is 0 Å². The molecule has 0 spiro atoms. The van der Waals surface area contributed by atoms with Gasteiger partial charge in [0, 0.05) is 5.23 Å². The van der Waals surface area contributed by atoms with Crippen LogP contribution in [0.25, 0.3) is 0 Å². The molecule has 0 aliphatic heterocycles. The average Bonchev–Trinajstić information content (AvgIpc) is 2.12. The number of hydrogen-bond acceptors (Lipinski definition) is 5. The lowest BCUT2D eigenvalue weighted by Gasteiger charge is -2.19. The number of halogens is 6. The molecule has 18 heavy (non-hydrogen) atoms. The van der Waals surface area contributed by atoms with E-state index in [1.165, 1.54) is 0 Å². The van der Waals surface area contributed by atoms with Crippen molar-refractivity contribution < 1.29 is 45.6 Å². The van der Waals surface area contributed by atoms with E-state index < -0.39 is 35.5 Å². The fraction of sp³-hybridized carbons (Fsp3) is 0.400. The van der Waals surface area contributed by atoms with E-state index in [4.69, 9.17) is 5.41 Å². The van der Waals surface area contributed by atoms with Gasteiger partial charge in [-0.3, -0.25) is 15.1 Å². The summed E-state index contributed by atoms with van der Waals surface area (Å²) in [6.07, 6.45) is -11.2. The lowest BCUT2D eigenvalue weighted by molar-refractivity contribution is -0.316. The first-order valence-corrected chi connectivity index (χ1v) is 3.58. The van der Waals surface area contributed by atoms with Crippen molar-refractivity contribution in [1.82, 2.24) is 5.23 Å². The highest BCUT2D eigenvalue weighted by atomic mass is 19.4. The number of nitrogens with zero attached hydrogens (tertiary/aromatic N) is 1. The quantitative estimate of drug-likeness (QED) is 0.285. The van der Waals surface area contributed by atoms with Crippen molar-refractivity contribution in [3.8, 4) is 0 Å². The van der Waals surface area contributed by atoms with E-state index in [1.54, 1.807) is 0 Å². The number of rotatable bonds is 0. The van der Waals surface area contributed by atoms with Gasteiger partial charge in [-0.1, -0.05) is 0 Å². The molecular formula is C5H3F6N3O4. The monoisotopic (exact) mass is 283 g/mol. The summed E-state index contributed by atoms with van der Waals surface area (Å²) in [5.41, 5.74) is 4.44. The zero-order valence-corrected chi connectivity index (χ0v) is 7.93. The van der Waals surface area contributed by atoms with E-state index in [2.05, 4.69) is 15.4 Å². The Labute approximate surface area is 93.4 Å². The Hall–Kier alpha value is -2.21. The molecule has 0 aromatic heterocycles. The SMILES string of the molecule is N=C(N)N(OC(=O)C(F)(F)F)OC(=O)C(F)(F)F. The van der Waals surface area contributed by atoms with Gasteiger partial charge < -0.3 is 5.73 Å². The molecule has 13 heteroatoms. The molecule has 104 valence electrons. The maximum absolute atomic E-state index is 11.7. The first kappa shape index (κ1) is 15.8. The third-order valence-corrected chi connectivity index (χ3v) is 0.991. The molecule has 0 saturated carbocycles. The standard InChI is InChI=1S/C5H3F6N3O4/c6-4(7,8)1(15)17-14(3(12)13)18-2(16)5(9,10)11/h(H3,12,13). The zero-order valence-electron chi connectivity index (χ0n) is 7.93. The number of nitrogens with one attached hydrogen (secondary N) is 1. The zero-order chi connectivity index (χ0) is 14.7. The van der Waals surface area contributed by atoms with Gasteiger partial charge in [0.15, 0.2) is 0 Å². The van der Waals surface area contributed by atoms with Crippen LogP contribution in [0.1, 0.15) is 0 Å². The predicted octanol–water partition coefficient (Wildman–Crippen LogP) is 0.223. The second-order valence-electron chi connectivity index (χ2n) is 2.40. The summed E-state index contributed by atoms with van der Waals surface area (Å²) < 4.78 is 70.0. The van der Waals surface area contributed by atoms with E-state index in [-0.39, 0.29) is 0 Å². The van der Waals surface area contributed by atoms with E-state index in [0.717, 1.165) is 0 Å². The highest BCUT2D eigenvalue weighted by Gasteiger charge is 2.47. The van der Waals surface area contributed by atoms with Crippen LogP contribution < -0.4 is 5.73 Å². The molecule has 0 fully saturated rings. The molecule has 0 rings (SSSR count). The largest absolute Gasteiger partial charge is 0.493 e.